The molecule has 1 heterocycles. The van der Waals surface area contributed by atoms with Crippen LogP contribution in [0, 0.1) is 5.82 Å². The van der Waals surface area contributed by atoms with Gasteiger partial charge < -0.3 is 10.1 Å². The number of amides is 1. The number of carbonyl (C=O) groups excluding carboxylic acids is 1. The van der Waals surface area contributed by atoms with Crippen LogP contribution in [0.15, 0.2) is 36.9 Å². The molecule has 32 heavy (non-hydrogen) atoms. The fourth-order valence-electron chi connectivity index (χ4n) is 4.10. The summed E-state index contributed by atoms with van der Waals surface area (Å²) in [4.78, 5) is 12.0. The van der Waals surface area contributed by atoms with Gasteiger partial charge in [0.1, 0.15) is 5.82 Å². The van der Waals surface area contributed by atoms with Gasteiger partial charge >= 0.3 is 0 Å². The van der Waals surface area contributed by atoms with E-state index in [1.165, 1.54) is 12.1 Å². The fourth-order valence-corrected chi connectivity index (χ4v) is 4.10. The second kappa shape index (κ2) is 11.3. The van der Waals surface area contributed by atoms with Crippen LogP contribution in [0.3, 0.4) is 0 Å². The summed E-state index contributed by atoms with van der Waals surface area (Å²) < 4.78 is 21.8. The first-order valence-corrected chi connectivity index (χ1v) is 11.0. The molecular weight excluding hydrogens is 411 g/mol. The Morgan fingerprint density at radius 3 is 2.66 bits per heavy atom. The average Bonchev–Trinajstić information content (AvgIpc) is 3.21. The number of hydrogen-bond donors (Lipinski definition) is 2. The van der Waals surface area contributed by atoms with Gasteiger partial charge in [-0.05, 0) is 63.1 Å². The van der Waals surface area contributed by atoms with Crippen molar-refractivity contribution in [3.63, 3.8) is 0 Å². The lowest BCUT2D eigenvalue weighted by Gasteiger charge is -2.40. The average molecular weight is 447 g/mol. The van der Waals surface area contributed by atoms with Crippen LogP contribution in [0.5, 0.6) is 0 Å². The van der Waals surface area contributed by atoms with Crippen LogP contribution in [0.2, 0.25) is 0 Å². The molecule has 0 fully saturated rings. The maximum atomic E-state index is 14.6. The highest BCUT2D eigenvalue weighted by atomic mass is 19.1. The maximum Gasteiger partial charge on any atom is 0.243 e. The molecule has 9 heteroatoms. The molecule has 0 aliphatic heterocycles. The van der Waals surface area contributed by atoms with Gasteiger partial charge in [-0.2, -0.15) is 0 Å². The number of aromatic nitrogens is 4. The molecule has 1 aromatic heterocycles. The Balaban J connectivity index is 2.45. The molecule has 2 atom stereocenters. The van der Waals surface area contributed by atoms with E-state index in [1.54, 1.807) is 16.8 Å². The summed E-state index contributed by atoms with van der Waals surface area (Å²) in [5.41, 5.74) is -0.851. The molecule has 0 saturated carbocycles. The molecule has 2 aromatic rings. The van der Waals surface area contributed by atoms with Crippen molar-refractivity contribution in [2.24, 2.45) is 0 Å². The Kier molecular flexibility index (Phi) is 9.03. The Morgan fingerprint density at radius 2 is 2.03 bits per heavy atom. The largest absolute Gasteiger partial charge is 0.380 e. The number of nitrogens with zero attached hydrogens (tertiary/aromatic N) is 4. The van der Waals surface area contributed by atoms with E-state index in [-0.39, 0.29) is 17.8 Å². The number of benzene rings is 1. The van der Waals surface area contributed by atoms with Gasteiger partial charge in [0.15, 0.2) is 5.82 Å². The molecule has 1 unspecified atom stereocenters. The van der Waals surface area contributed by atoms with Gasteiger partial charge in [-0.25, -0.2) is 9.07 Å². The van der Waals surface area contributed by atoms with Crippen molar-refractivity contribution in [1.29, 1.82) is 0 Å². The van der Waals surface area contributed by atoms with Gasteiger partial charge in [-0.1, -0.05) is 31.7 Å². The van der Waals surface area contributed by atoms with Crippen molar-refractivity contribution >= 4 is 5.91 Å². The molecule has 176 valence electrons. The highest BCUT2D eigenvalue weighted by Gasteiger charge is 2.40. The minimum Gasteiger partial charge on any atom is -0.380 e. The maximum absolute atomic E-state index is 14.6. The quantitative estimate of drug-likeness (QED) is 0.362. The minimum atomic E-state index is -0.795. The molecule has 1 amide bonds. The molecule has 1 aromatic carbocycles. The second-order valence-corrected chi connectivity index (χ2v) is 8.64. The molecule has 0 radical (unpaired) electrons. The standard InChI is InChI=1S/C23H35FN6O2/c1-7-19(17-12-10-11-13-18(17)24)25-23(6,16-22(4,5)26-20(31)8-2)21-27-28-29-30(21)14-15-32-9-3/h8,10-13,19,25H,2,7,9,14-16H2,1,3-6H3,(H,26,31)/t19-,23?/m0/s1. The van der Waals surface area contributed by atoms with Gasteiger partial charge in [-0.15, -0.1) is 5.10 Å². The number of nitrogens with one attached hydrogen (secondary N) is 2. The molecule has 0 aliphatic carbocycles. The molecule has 0 bridgehead atoms. The van der Waals surface area contributed by atoms with Crippen molar-refractivity contribution in [3.8, 4) is 0 Å². The van der Waals surface area contributed by atoms with Crippen LogP contribution in [0.25, 0.3) is 0 Å². The van der Waals surface area contributed by atoms with Crippen LogP contribution in [-0.4, -0.2) is 44.9 Å². The normalized spacial score (nSPS) is 14.6. The summed E-state index contributed by atoms with van der Waals surface area (Å²) in [6.07, 6.45) is 2.34. The van der Waals surface area contributed by atoms with E-state index in [0.29, 0.717) is 44.0 Å². The van der Waals surface area contributed by atoms with E-state index in [2.05, 4.69) is 32.7 Å². The zero-order valence-electron chi connectivity index (χ0n) is 19.7. The van der Waals surface area contributed by atoms with Gasteiger partial charge in [0, 0.05) is 23.8 Å². The molecule has 8 nitrogen and oxygen atoms in total. The molecule has 0 aliphatic rings. The number of hydrogen-bond acceptors (Lipinski definition) is 6. The summed E-state index contributed by atoms with van der Waals surface area (Å²) in [6.45, 7) is 14.8. The van der Waals surface area contributed by atoms with Crippen molar-refractivity contribution in [2.45, 2.75) is 71.1 Å². The molecule has 2 N–H and O–H groups in total. The van der Waals surface area contributed by atoms with E-state index in [9.17, 15) is 9.18 Å². The zero-order valence-corrected chi connectivity index (χ0v) is 19.7. The Labute approximate surface area is 189 Å². The van der Waals surface area contributed by atoms with Crippen LogP contribution in [-0.2, 0) is 21.6 Å². The minimum absolute atomic E-state index is 0.269. The first-order valence-electron chi connectivity index (χ1n) is 11.0. The lowest BCUT2D eigenvalue weighted by atomic mass is 9.83. The number of tetrazole rings is 1. The van der Waals surface area contributed by atoms with E-state index in [1.807, 2.05) is 40.7 Å². The van der Waals surface area contributed by atoms with Crippen LogP contribution >= 0.6 is 0 Å². The van der Waals surface area contributed by atoms with E-state index < -0.39 is 11.1 Å². The summed E-state index contributed by atoms with van der Waals surface area (Å²) in [7, 11) is 0. The van der Waals surface area contributed by atoms with Crippen molar-refractivity contribution in [1.82, 2.24) is 30.8 Å². The number of rotatable bonds is 13. The van der Waals surface area contributed by atoms with Crippen LogP contribution in [0.1, 0.15) is 64.9 Å². The van der Waals surface area contributed by atoms with Gasteiger partial charge in [0.25, 0.3) is 0 Å². The van der Waals surface area contributed by atoms with Gasteiger partial charge in [0.05, 0.1) is 18.7 Å². The van der Waals surface area contributed by atoms with E-state index >= 15 is 0 Å². The third kappa shape index (κ3) is 6.67. The predicted molar refractivity (Wildman–Crippen MR) is 121 cm³/mol. The van der Waals surface area contributed by atoms with Crippen molar-refractivity contribution in [2.75, 3.05) is 13.2 Å². The monoisotopic (exact) mass is 446 g/mol. The first kappa shape index (κ1) is 25.6. The lowest BCUT2D eigenvalue weighted by Crippen LogP contribution is -2.53. The third-order valence-electron chi connectivity index (χ3n) is 5.30. The molecular formula is C23H35FN6O2. The highest BCUT2D eigenvalue weighted by molar-refractivity contribution is 5.87. The highest BCUT2D eigenvalue weighted by Crippen LogP contribution is 2.33. The summed E-state index contributed by atoms with van der Waals surface area (Å²) in [5, 5.41) is 18.9. The van der Waals surface area contributed by atoms with Crippen LogP contribution < -0.4 is 10.6 Å². The number of carbonyl (C=O) groups is 1. The van der Waals surface area contributed by atoms with Gasteiger partial charge in [0.2, 0.25) is 5.91 Å². The fraction of sp³-hybridized carbons (Fsp3) is 0.565. The van der Waals surface area contributed by atoms with Gasteiger partial charge in [-0.3, -0.25) is 10.1 Å². The zero-order chi connectivity index (χ0) is 23.8. The van der Waals surface area contributed by atoms with Crippen molar-refractivity contribution in [3.05, 3.63) is 54.1 Å². The Hall–Kier alpha value is -2.65. The topological polar surface area (TPSA) is 94.0 Å². The second-order valence-electron chi connectivity index (χ2n) is 8.64. The summed E-state index contributed by atoms with van der Waals surface area (Å²) in [5.74, 6) is 0.0479. The Bertz CT molecular complexity index is 900. The smallest absolute Gasteiger partial charge is 0.243 e. The van der Waals surface area contributed by atoms with Crippen molar-refractivity contribution < 1.29 is 13.9 Å². The molecule has 2 rings (SSSR count). The first-order chi connectivity index (χ1) is 15.2. The summed E-state index contributed by atoms with van der Waals surface area (Å²) >= 11 is 0. The SMILES string of the molecule is C=CC(=O)NC(C)(C)CC(C)(N[C@@H](CC)c1ccccc1F)c1nnnn1CCOCC. The predicted octanol–water partition coefficient (Wildman–Crippen LogP) is 3.28. The lowest BCUT2D eigenvalue weighted by molar-refractivity contribution is -0.118. The molecule has 0 spiro atoms. The summed E-state index contributed by atoms with van der Waals surface area (Å²) in [6, 6.07) is 6.44. The number of halogens is 1. The number of ether oxygens (including phenoxy) is 1. The Morgan fingerprint density at radius 1 is 1.31 bits per heavy atom. The van der Waals surface area contributed by atoms with Crippen LogP contribution in [0.4, 0.5) is 4.39 Å². The van der Waals surface area contributed by atoms with E-state index in [4.69, 9.17) is 4.74 Å². The molecule has 0 saturated heterocycles. The van der Waals surface area contributed by atoms with E-state index in [0.717, 1.165) is 0 Å². The third-order valence-corrected chi connectivity index (χ3v) is 5.30.